The second-order valence-electron chi connectivity index (χ2n) is 9.58. The molecule has 218 valence electrons. The number of allylic oxidation sites excluding steroid dienone is 5. The third-order valence-corrected chi connectivity index (χ3v) is 6.69. The van der Waals surface area contributed by atoms with E-state index in [4.69, 9.17) is 0 Å². The Hall–Kier alpha value is -3.43. The molecule has 2 rings (SSSR count). The lowest BCUT2D eigenvalue weighted by atomic mass is 9.91. The van der Waals surface area contributed by atoms with Gasteiger partial charge in [0, 0.05) is 36.7 Å². The minimum atomic E-state index is -4.94. The predicted octanol–water partition coefficient (Wildman–Crippen LogP) is 8.85. The van der Waals surface area contributed by atoms with Crippen LogP contribution in [0.25, 0.3) is 0 Å². The van der Waals surface area contributed by atoms with E-state index in [0.717, 1.165) is 12.0 Å². The molecular formula is C30H34F6N2O2. The molecule has 2 atom stereocenters. The Bertz CT molecular complexity index is 1200. The van der Waals surface area contributed by atoms with Gasteiger partial charge in [-0.1, -0.05) is 45.1 Å². The zero-order valence-corrected chi connectivity index (χ0v) is 22.9. The average molecular weight is 569 g/mol. The number of hydrogen-bond donors (Lipinski definition) is 1. The summed E-state index contributed by atoms with van der Waals surface area (Å²) in [5.74, 6) is -1.56. The van der Waals surface area contributed by atoms with Crippen molar-refractivity contribution >= 4 is 17.9 Å². The van der Waals surface area contributed by atoms with Crippen molar-refractivity contribution in [3.05, 3.63) is 82.1 Å². The number of benzene rings is 1. The minimum Gasteiger partial charge on any atom is -0.478 e. The number of rotatable bonds is 11. The summed E-state index contributed by atoms with van der Waals surface area (Å²) in [5.41, 5.74) is -1.10. The monoisotopic (exact) mass is 568 g/mol. The lowest BCUT2D eigenvalue weighted by Gasteiger charge is -2.18. The molecular weight excluding hydrogens is 534 g/mol. The first kappa shape index (κ1) is 32.8. The van der Waals surface area contributed by atoms with Crippen molar-refractivity contribution in [1.29, 1.82) is 0 Å². The van der Waals surface area contributed by atoms with Crippen LogP contribution in [0.2, 0.25) is 0 Å². The summed E-state index contributed by atoms with van der Waals surface area (Å²) < 4.78 is 79.9. The number of halogens is 6. The zero-order valence-electron chi connectivity index (χ0n) is 22.9. The van der Waals surface area contributed by atoms with E-state index in [1.165, 1.54) is 13.3 Å². The highest BCUT2D eigenvalue weighted by Crippen LogP contribution is 2.37. The molecule has 1 heterocycles. The number of aliphatic carboxylic acids is 1. The van der Waals surface area contributed by atoms with Crippen LogP contribution in [0.1, 0.15) is 69.6 Å². The van der Waals surface area contributed by atoms with Gasteiger partial charge in [0.2, 0.25) is 0 Å². The smallest absolute Gasteiger partial charge is 0.416 e. The molecule has 1 aromatic rings. The van der Waals surface area contributed by atoms with Gasteiger partial charge in [-0.15, -0.1) is 0 Å². The number of aliphatic imine (C=N–C) groups is 2. The molecule has 1 aliphatic rings. The molecule has 0 aliphatic carbocycles. The highest BCUT2D eigenvalue weighted by molar-refractivity contribution is 6.03. The zero-order chi connectivity index (χ0) is 30.1. The van der Waals surface area contributed by atoms with E-state index in [1.54, 1.807) is 25.3 Å². The Morgan fingerprint density at radius 2 is 1.70 bits per heavy atom. The molecule has 0 bridgehead atoms. The highest BCUT2D eigenvalue weighted by Gasteiger charge is 2.37. The topological polar surface area (TPSA) is 62.0 Å². The van der Waals surface area contributed by atoms with Gasteiger partial charge in [-0.25, -0.2) is 4.79 Å². The number of carbonyl (C=O) groups is 1. The standard InChI is InChI=1S/C30H34F6N2O2/c1-5-20(11-13-26(28(39)40)22-12-10-21(6-2)17-38-18-22)9-7-8-19(3)27(37-4)23-14-24(29(31,32)33)16-25(15-23)30(34,35)36/h7,9,12-20H,5-6,8,10-11H2,1-4H3,(H,39,40). The van der Waals surface area contributed by atoms with E-state index in [1.807, 2.05) is 26.0 Å². The molecule has 0 saturated carbocycles. The fourth-order valence-corrected chi connectivity index (χ4v) is 4.29. The van der Waals surface area contributed by atoms with Crippen LogP contribution in [0, 0.1) is 11.8 Å². The van der Waals surface area contributed by atoms with Crippen molar-refractivity contribution in [1.82, 2.24) is 0 Å². The number of carboxylic acid groups (broad SMARTS) is 1. The van der Waals surface area contributed by atoms with E-state index in [0.29, 0.717) is 43.4 Å². The first-order chi connectivity index (χ1) is 18.7. The molecule has 0 amide bonds. The van der Waals surface area contributed by atoms with Gasteiger partial charge in [-0.3, -0.25) is 9.98 Å². The molecule has 0 saturated heterocycles. The third-order valence-electron chi connectivity index (χ3n) is 6.69. The van der Waals surface area contributed by atoms with Crippen molar-refractivity contribution in [2.45, 2.75) is 65.2 Å². The van der Waals surface area contributed by atoms with Gasteiger partial charge in [0.25, 0.3) is 0 Å². The highest BCUT2D eigenvalue weighted by atomic mass is 19.4. The Kier molecular flexibility index (Phi) is 11.7. The molecule has 0 aromatic heterocycles. The van der Waals surface area contributed by atoms with Gasteiger partial charge < -0.3 is 5.11 Å². The third kappa shape index (κ3) is 9.34. The van der Waals surface area contributed by atoms with Crippen LogP contribution < -0.4 is 0 Å². The normalized spacial score (nSPS) is 16.9. The maximum Gasteiger partial charge on any atom is 0.416 e. The van der Waals surface area contributed by atoms with Crippen LogP contribution >= 0.6 is 0 Å². The first-order valence-corrected chi connectivity index (χ1v) is 13.0. The summed E-state index contributed by atoms with van der Waals surface area (Å²) in [5, 5.41) is 9.75. The maximum atomic E-state index is 13.3. The Morgan fingerprint density at radius 3 is 2.20 bits per heavy atom. The molecule has 4 nitrogen and oxygen atoms in total. The van der Waals surface area contributed by atoms with Crippen LogP contribution in [0.15, 0.2) is 75.4 Å². The van der Waals surface area contributed by atoms with Crippen molar-refractivity contribution < 1.29 is 36.2 Å². The van der Waals surface area contributed by atoms with Crippen molar-refractivity contribution in [3.63, 3.8) is 0 Å². The van der Waals surface area contributed by atoms with Gasteiger partial charge in [0.1, 0.15) is 0 Å². The second-order valence-corrected chi connectivity index (χ2v) is 9.58. The fraction of sp³-hybridized carbons (Fsp3) is 0.433. The van der Waals surface area contributed by atoms with Crippen LogP contribution in [-0.2, 0) is 17.1 Å². The number of carboxylic acids is 1. The summed E-state index contributed by atoms with van der Waals surface area (Å²) in [6.45, 7) is 5.62. The van der Waals surface area contributed by atoms with Gasteiger partial charge in [-0.2, -0.15) is 26.3 Å². The Labute approximate surface area is 230 Å². The second kappa shape index (κ2) is 14.3. The molecule has 0 fully saturated rings. The molecule has 1 N–H and O–H groups in total. The summed E-state index contributed by atoms with van der Waals surface area (Å²) in [6.07, 6.45) is 3.44. The maximum absolute atomic E-state index is 13.3. The largest absolute Gasteiger partial charge is 0.478 e. The van der Waals surface area contributed by atoms with Gasteiger partial charge in [0.15, 0.2) is 0 Å². The quantitative estimate of drug-likeness (QED) is 0.125. The predicted molar refractivity (Wildman–Crippen MR) is 146 cm³/mol. The first-order valence-electron chi connectivity index (χ1n) is 13.0. The fourth-order valence-electron chi connectivity index (χ4n) is 4.29. The van der Waals surface area contributed by atoms with Crippen LogP contribution in [0.3, 0.4) is 0 Å². The van der Waals surface area contributed by atoms with Crippen molar-refractivity contribution in [3.8, 4) is 0 Å². The molecule has 0 spiro atoms. The molecule has 1 aromatic carbocycles. The van der Waals surface area contributed by atoms with Gasteiger partial charge in [-0.05, 0) is 67.4 Å². The minimum absolute atomic E-state index is 0.0263. The Balaban J connectivity index is 2.20. The summed E-state index contributed by atoms with van der Waals surface area (Å²) >= 11 is 0. The number of alkyl halides is 6. The van der Waals surface area contributed by atoms with E-state index in [-0.39, 0.29) is 28.8 Å². The molecule has 40 heavy (non-hydrogen) atoms. The van der Waals surface area contributed by atoms with Gasteiger partial charge in [0.05, 0.1) is 16.7 Å². The summed E-state index contributed by atoms with van der Waals surface area (Å²) in [6, 6.07) is 1.48. The van der Waals surface area contributed by atoms with Crippen LogP contribution in [-0.4, -0.2) is 30.0 Å². The average Bonchev–Trinajstić information content (AvgIpc) is 3.12. The Morgan fingerprint density at radius 1 is 1.07 bits per heavy atom. The van der Waals surface area contributed by atoms with Crippen molar-refractivity contribution in [2.24, 2.45) is 21.8 Å². The molecule has 1 aliphatic heterocycles. The van der Waals surface area contributed by atoms with E-state index < -0.39 is 35.4 Å². The molecule has 10 heteroatoms. The molecule has 2 unspecified atom stereocenters. The summed E-state index contributed by atoms with van der Waals surface area (Å²) in [7, 11) is 1.33. The van der Waals surface area contributed by atoms with Gasteiger partial charge >= 0.3 is 18.3 Å². The van der Waals surface area contributed by atoms with E-state index >= 15 is 0 Å². The van der Waals surface area contributed by atoms with Crippen LogP contribution in [0.4, 0.5) is 26.3 Å². The van der Waals surface area contributed by atoms with E-state index in [9.17, 15) is 36.2 Å². The lowest BCUT2D eigenvalue weighted by Crippen LogP contribution is -2.17. The van der Waals surface area contributed by atoms with Crippen LogP contribution in [0.5, 0.6) is 0 Å². The lowest BCUT2D eigenvalue weighted by molar-refractivity contribution is -0.143. The van der Waals surface area contributed by atoms with Crippen molar-refractivity contribution in [2.75, 3.05) is 7.05 Å². The number of nitrogens with zero attached hydrogens (tertiary/aromatic N) is 2. The SMILES string of the molecule is CCC1=CN=CC(C(=CCC(C=CCC(C)C(=NC)c2cc(C(F)(F)F)cc(C(F)(F)F)c2)CC)C(=O)O)=CC1. The summed E-state index contributed by atoms with van der Waals surface area (Å²) in [4.78, 5) is 20.1. The molecule has 0 radical (unpaired) electrons. The number of hydrogen-bond acceptors (Lipinski definition) is 3. The van der Waals surface area contributed by atoms with E-state index in [2.05, 4.69) is 9.98 Å².